The Kier molecular flexibility index (Phi) is 8.50. The van der Waals surface area contributed by atoms with Crippen molar-refractivity contribution in [2.45, 2.75) is 43.9 Å². The number of carbonyl (C=O) groups is 1. The fourth-order valence-corrected chi connectivity index (χ4v) is 5.74. The smallest absolute Gasteiger partial charge is 0.433 e. The summed E-state index contributed by atoms with van der Waals surface area (Å²) in [6, 6.07) is 18.0. The van der Waals surface area contributed by atoms with Gasteiger partial charge in [0.25, 0.3) is 10.0 Å². The lowest BCUT2D eigenvalue weighted by Crippen LogP contribution is -2.44. The number of fused-ring (bicyclic) bond motifs is 1. The van der Waals surface area contributed by atoms with E-state index in [0.717, 1.165) is 22.0 Å². The normalized spacial score (nSPS) is 12.2. The molecule has 43 heavy (non-hydrogen) atoms. The SMILES string of the molecule is CN(C)c1cccc2c(S(=O)(=O)Nc3cccc(Oc4cc(CN(C(=O)O)C(C)(C)C)cc(C(F)(F)F)n4)c3)cccc12. The maximum atomic E-state index is 13.7. The number of anilines is 2. The molecule has 1 heterocycles. The molecule has 0 saturated carbocycles. The van der Waals surface area contributed by atoms with Crippen molar-refractivity contribution in [2.75, 3.05) is 23.7 Å². The summed E-state index contributed by atoms with van der Waals surface area (Å²) in [7, 11) is -0.378. The molecule has 0 fully saturated rings. The predicted molar refractivity (Wildman–Crippen MR) is 158 cm³/mol. The van der Waals surface area contributed by atoms with E-state index in [2.05, 4.69) is 9.71 Å². The highest BCUT2D eigenvalue weighted by Gasteiger charge is 2.34. The number of carboxylic acid groups (broad SMARTS) is 1. The molecule has 0 aliphatic heterocycles. The molecule has 4 rings (SSSR count). The molecule has 0 radical (unpaired) electrons. The van der Waals surface area contributed by atoms with Gasteiger partial charge in [-0.25, -0.2) is 18.2 Å². The van der Waals surface area contributed by atoms with Crippen LogP contribution < -0.4 is 14.4 Å². The lowest BCUT2D eigenvalue weighted by atomic mass is 10.1. The highest BCUT2D eigenvalue weighted by molar-refractivity contribution is 7.93. The van der Waals surface area contributed by atoms with Crippen LogP contribution in [0.25, 0.3) is 10.8 Å². The molecule has 0 spiro atoms. The minimum atomic E-state index is -4.83. The van der Waals surface area contributed by atoms with Crippen molar-refractivity contribution in [2.24, 2.45) is 0 Å². The average molecular weight is 617 g/mol. The van der Waals surface area contributed by atoms with E-state index in [0.29, 0.717) is 5.39 Å². The first-order chi connectivity index (χ1) is 20.0. The van der Waals surface area contributed by atoms with Crippen LogP contribution in [0.3, 0.4) is 0 Å². The van der Waals surface area contributed by atoms with Gasteiger partial charge in [0, 0.05) is 54.8 Å². The standard InChI is InChI=1S/C30H31F3N4O5S/c1-29(2,3)37(28(38)39)18-19-15-26(30(31,32)33)34-27(16-19)42-21-10-6-9-20(17-21)35-43(40,41)25-14-8-11-22-23(25)12-7-13-24(22)36(4)5/h6-17,35H,18H2,1-5H3,(H,38,39). The Bertz CT molecular complexity index is 1770. The maximum Gasteiger partial charge on any atom is 0.433 e. The van der Waals surface area contributed by atoms with Crippen molar-refractivity contribution < 1.29 is 36.2 Å². The second-order valence-electron chi connectivity index (χ2n) is 11.0. The van der Waals surface area contributed by atoms with Crippen LogP contribution in [0.15, 0.2) is 77.7 Å². The number of benzene rings is 3. The number of nitrogens with zero attached hydrogens (tertiary/aromatic N) is 3. The molecule has 3 aromatic carbocycles. The number of sulfonamides is 1. The molecule has 4 aromatic rings. The molecule has 1 aromatic heterocycles. The molecule has 2 N–H and O–H groups in total. The Labute approximate surface area is 247 Å². The summed E-state index contributed by atoms with van der Waals surface area (Å²) in [6.45, 7) is 4.52. The Morgan fingerprint density at radius 3 is 2.23 bits per heavy atom. The number of amides is 1. The molecule has 9 nitrogen and oxygen atoms in total. The fraction of sp³-hybridized carbons (Fsp3) is 0.267. The van der Waals surface area contributed by atoms with E-state index in [4.69, 9.17) is 4.74 Å². The van der Waals surface area contributed by atoms with E-state index < -0.39 is 39.4 Å². The topological polar surface area (TPSA) is 112 Å². The maximum absolute atomic E-state index is 13.7. The molecular formula is C30H31F3N4O5S. The second kappa shape index (κ2) is 11.6. The largest absolute Gasteiger partial charge is 0.465 e. The molecule has 0 aliphatic rings. The molecule has 0 bridgehead atoms. The molecular weight excluding hydrogens is 585 g/mol. The third kappa shape index (κ3) is 7.28. The molecule has 0 aliphatic carbocycles. The second-order valence-corrected chi connectivity index (χ2v) is 12.6. The van der Waals surface area contributed by atoms with E-state index in [-0.39, 0.29) is 28.4 Å². The predicted octanol–water partition coefficient (Wildman–Crippen LogP) is 7.19. The van der Waals surface area contributed by atoms with Gasteiger partial charge in [-0.3, -0.25) is 9.62 Å². The summed E-state index contributed by atoms with van der Waals surface area (Å²) in [5.74, 6) is -0.425. The van der Waals surface area contributed by atoms with Crippen molar-refractivity contribution in [1.29, 1.82) is 0 Å². The van der Waals surface area contributed by atoms with Crippen LogP contribution in [0.5, 0.6) is 11.6 Å². The lowest BCUT2D eigenvalue weighted by Gasteiger charge is -2.33. The summed E-state index contributed by atoms with van der Waals surface area (Å²) in [4.78, 5) is 18.3. The van der Waals surface area contributed by atoms with Crippen LogP contribution >= 0.6 is 0 Å². The number of nitrogens with one attached hydrogen (secondary N) is 1. The zero-order valence-electron chi connectivity index (χ0n) is 24.1. The molecule has 13 heteroatoms. The molecule has 0 unspecified atom stereocenters. The van der Waals surface area contributed by atoms with E-state index in [1.165, 1.54) is 36.4 Å². The van der Waals surface area contributed by atoms with Crippen molar-refractivity contribution in [3.8, 4) is 11.6 Å². The summed E-state index contributed by atoms with van der Waals surface area (Å²) in [5.41, 5.74) is -1.19. The first-order valence-electron chi connectivity index (χ1n) is 13.0. The number of hydrogen-bond acceptors (Lipinski definition) is 6. The zero-order valence-corrected chi connectivity index (χ0v) is 24.9. The van der Waals surface area contributed by atoms with Gasteiger partial charge in [0.05, 0.1) is 10.6 Å². The molecule has 0 saturated heterocycles. The Balaban J connectivity index is 1.66. The first kappa shape index (κ1) is 31.4. The summed E-state index contributed by atoms with van der Waals surface area (Å²) >= 11 is 0. The summed E-state index contributed by atoms with van der Waals surface area (Å²) in [6.07, 6.45) is -6.13. The molecule has 1 amide bonds. The van der Waals surface area contributed by atoms with Gasteiger partial charge in [0.2, 0.25) is 5.88 Å². The number of aromatic nitrogens is 1. The van der Waals surface area contributed by atoms with E-state index in [9.17, 15) is 31.5 Å². The van der Waals surface area contributed by atoms with E-state index >= 15 is 0 Å². The van der Waals surface area contributed by atoms with Crippen LogP contribution in [0.4, 0.5) is 29.3 Å². The number of halogens is 3. The number of hydrogen-bond donors (Lipinski definition) is 2. The quantitative estimate of drug-likeness (QED) is 0.216. The van der Waals surface area contributed by atoms with E-state index in [1.54, 1.807) is 39.0 Å². The van der Waals surface area contributed by atoms with Crippen LogP contribution in [-0.2, 0) is 22.7 Å². The average Bonchev–Trinajstić information content (AvgIpc) is 2.89. The van der Waals surface area contributed by atoms with E-state index in [1.807, 2.05) is 31.1 Å². The Morgan fingerprint density at radius 1 is 0.953 bits per heavy atom. The van der Waals surface area contributed by atoms with Crippen LogP contribution in [0.2, 0.25) is 0 Å². The number of alkyl halides is 3. The van der Waals surface area contributed by atoms with Crippen molar-refractivity contribution in [3.05, 3.63) is 84.1 Å². The van der Waals surface area contributed by atoms with Crippen molar-refractivity contribution in [1.82, 2.24) is 9.88 Å². The van der Waals surface area contributed by atoms with Crippen LogP contribution in [0, 0.1) is 0 Å². The van der Waals surface area contributed by atoms with Gasteiger partial charge in [0.1, 0.15) is 11.4 Å². The number of rotatable bonds is 8. The van der Waals surface area contributed by atoms with Gasteiger partial charge in [0.15, 0.2) is 0 Å². The van der Waals surface area contributed by atoms with Gasteiger partial charge in [-0.1, -0.05) is 30.3 Å². The zero-order chi connectivity index (χ0) is 31.7. The number of ether oxygens (including phenoxy) is 1. The highest BCUT2D eigenvalue weighted by Crippen LogP contribution is 2.34. The minimum Gasteiger partial charge on any atom is -0.465 e. The Hall–Kier alpha value is -4.52. The van der Waals surface area contributed by atoms with Gasteiger partial charge in [-0.15, -0.1) is 0 Å². The molecule has 0 atom stereocenters. The van der Waals surface area contributed by atoms with Crippen LogP contribution in [-0.4, -0.2) is 49.1 Å². The number of pyridine rings is 1. The Morgan fingerprint density at radius 2 is 1.60 bits per heavy atom. The highest BCUT2D eigenvalue weighted by atomic mass is 32.2. The third-order valence-electron chi connectivity index (χ3n) is 6.47. The first-order valence-corrected chi connectivity index (χ1v) is 14.5. The fourth-order valence-electron chi connectivity index (χ4n) is 4.47. The van der Waals surface area contributed by atoms with Crippen molar-refractivity contribution in [3.63, 3.8) is 0 Å². The lowest BCUT2D eigenvalue weighted by molar-refractivity contribution is -0.141. The van der Waals surface area contributed by atoms with Gasteiger partial charge in [-0.2, -0.15) is 13.2 Å². The van der Waals surface area contributed by atoms with Gasteiger partial charge >= 0.3 is 12.3 Å². The van der Waals surface area contributed by atoms with Gasteiger partial charge < -0.3 is 14.7 Å². The monoisotopic (exact) mass is 616 g/mol. The van der Waals surface area contributed by atoms with Crippen molar-refractivity contribution >= 4 is 38.3 Å². The summed E-state index contributed by atoms with van der Waals surface area (Å²) in [5, 5.41) is 10.9. The van der Waals surface area contributed by atoms with Crippen LogP contribution in [0.1, 0.15) is 32.0 Å². The third-order valence-corrected chi connectivity index (χ3v) is 7.91. The summed E-state index contributed by atoms with van der Waals surface area (Å²) < 4.78 is 76.1. The molecule has 228 valence electrons. The minimum absolute atomic E-state index is 0.0108. The van der Waals surface area contributed by atoms with Gasteiger partial charge in [-0.05, 0) is 56.7 Å².